The fourth-order valence-corrected chi connectivity index (χ4v) is 2.72. The van der Waals surface area contributed by atoms with E-state index in [1.165, 1.54) is 16.8 Å². The first-order valence-electron chi connectivity index (χ1n) is 8.24. The number of aromatic nitrogens is 2. The Balaban J connectivity index is 1.88. The van der Waals surface area contributed by atoms with Crippen molar-refractivity contribution in [2.75, 3.05) is 33.4 Å². The van der Waals surface area contributed by atoms with Gasteiger partial charge < -0.3 is 15.0 Å². The van der Waals surface area contributed by atoms with Crippen molar-refractivity contribution in [1.29, 1.82) is 0 Å². The molecule has 7 nitrogen and oxygen atoms in total. The normalized spacial score (nSPS) is 16.4. The number of rotatable bonds is 7. The molecule has 0 atom stereocenters. The van der Waals surface area contributed by atoms with E-state index in [0.29, 0.717) is 12.2 Å². The van der Waals surface area contributed by atoms with Gasteiger partial charge in [0.05, 0.1) is 6.61 Å². The average Bonchev–Trinajstić information content (AvgIpc) is 2.56. The maximum absolute atomic E-state index is 12.3. The van der Waals surface area contributed by atoms with Crippen molar-refractivity contribution in [1.82, 2.24) is 20.0 Å². The Bertz CT molecular complexity index is 565. The van der Waals surface area contributed by atoms with Crippen LogP contribution in [0.4, 0.5) is 0 Å². The van der Waals surface area contributed by atoms with E-state index in [1.807, 2.05) is 6.92 Å². The molecule has 1 amide bonds. The Labute approximate surface area is 136 Å². The van der Waals surface area contributed by atoms with Crippen LogP contribution < -0.4 is 10.9 Å². The SMILES string of the molecule is CCCn1nc(C(=O)NC2CCN(CCOC)CC2)ccc1=O. The molecule has 128 valence electrons. The number of methoxy groups -OCH3 is 1. The minimum Gasteiger partial charge on any atom is -0.383 e. The predicted molar refractivity (Wildman–Crippen MR) is 87.6 cm³/mol. The fourth-order valence-electron chi connectivity index (χ4n) is 2.72. The number of carbonyl (C=O) groups excluding carboxylic acids is 1. The number of piperidine rings is 1. The smallest absolute Gasteiger partial charge is 0.271 e. The van der Waals surface area contributed by atoms with Gasteiger partial charge in [-0.15, -0.1) is 0 Å². The summed E-state index contributed by atoms with van der Waals surface area (Å²) >= 11 is 0. The third kappa shape index (κ3) is 5.14. The van der Waals surface area contributed by atoms with Crippen LogP contribution in [-0.4, -0.2) is 60.0 Å². The molecule has 1 aliphatic heterocycles. The first-order valence-corrected chi connectivity index (χ1v) is 8.24. The van der Waals surface area contributed by atoms with Gasteiger partial charge in [-0.05, 0) is 25.3 Å². The topological polar surface area (TPSA) is 76.5 Å². The van der Waals surface area contributed by atoms with Gasteiger partial charge in [-0.3, -0.25) is 9.59 Å². The number of amides is 1. The van der Waals surface area contributed by atoms with Crippen molar-refractivity contribution in [3.63, 3.8) is 0 Å². The standard InChI is InChI=1S/C16H26N4O3/c1-3-8-20-15(21)5-4-14(18-20)16(22)17-13-6-9-19(10-7-13)11-12-23-2/h4-5,13H,3,6-12H2,1-2H3,(H,17,22). The molecule has 0 radical (unpaired) electrons. The zero-order valence-electron chi connectivity index (χ0n) is 14.0. The molecule has 1 saturated heterocycles. The van der Waals surface area contributed by atoms with Crippen LogP contribution in [0.25, 0.3) is 0 Å². The molecule has 0 saturated carbocycles. The first kappa shape index (κ1) is 17.6. The molecule has 1 aromatic heterocycles. The first-order chi connectivity index (χ1) is 11.1. The summed E-state index contributed by atoms with van der Waals surface area (Å²) in [5.74, 6) is -0.204. The average molecular weight is 322 g/mol. The minimum atomic E-state index is -0.204. The molecule has 2 heterocycles. The van der Waals surface area contributed by atoms with E-state index in [2.05, 4.69) is 15.3 Å². The maximum Gasteiger partial charge on any atom is 0.271 e. The Morgan fingerprint density at radius 3 is 2.74 bits per heavy atom. The minimum absolute atomic E-state index is 0.162. The number of nitrogens with zero attached hydrogens (tertiary/aromatic N) is 3. The van der Waals surface area contributed by atoms with E-state index in [-0.39, 0.29) is 17.5 Å². The second-order valence-corrected chi connectivity index (χ2v) is 5.86. The lowest BCUT2D eigenvalue weighted by molar-refractivity contribution is 0.0885. The van der Waals surface area contributed by atoms with E-state index >= 15 is 0 Å². The number of nitrogens with one attached hydrogen (secondary N) is 1. The highest BCUT2D eigenvalue weighted by molar-refractivity contribution is 5.92. The van der Waals surface area contributed by atoms with Gasteiger partial charge in [0, 0.05) is 45.4 Å². The fraction of sp³-hybridized carbons (Fsp3) is 0.688. The lowest BCUT2D eigenvalue weighted by Crippen LogP contribution is -2.45. The van der Waals surface area contributed by atoms with Crippen molar-refractivity contribution < 1.29 is 9.53 Å². The van der Waals surface area contributed by atoms with Crippen molar-refractivity contribution in [2.45, 2.75) is 38.8 Å². The van der Waals surface area contributed by atoms with E-state index in [0.717, 1.165) is 45.5 Å². The summed E-state index contributed by atoms with van der Waals surface area (Å²) in [5, 5.41) is 7.17. The van der Waals surface area contributed by atoms with Crippen molar-refractivity contribution in [3.05, 3.63) is 28.2 Å². The summed E-state index contributed by atoms with van der Waals surface area (Å²) in [7, 11) is 1.71. The van der Waals surface area contributed by atoms with Gasteiger partial charge >= 0.3 is 0 Å². The van der Waals surface area contributed by atoms with Crippen LogP contribution in [0.5, 0.6) is 0 Å². The Morgan fingerprint density at radius 2 is 2.09 bits per heavy atom. The van der Waals surface area contributed by atoms with Crippen molar-refractivity contribution in [3.8, 4) is 0 Å². The second-order valence-electron chi connectivity index (χ2n) is 5.86. The number of likely N-dealkylation sites (tertiary alicyclic amines) is 1. The molecule has 0 unspecified atom stereocenters. The van der Waals surface area contributed by atoms with Crippen LogP contribution in [0.2, 0.25) is 0 Å². The van der Waals surface area contributed by atoms with Crippen molar-refractivity contribution in [2.24, 2.45) is 0 Å². The molecule has 0 aliphatic carbocycles. The lowest BCUT2D eigenvalue weighted by Gasteiger charge is -2.32. The molecule has 1 aliphatic rings. The van der Waals surface area contributed by atoms with Crippen LogP contribution in [0.1, 0.15) is 36.7 Å². The van der Waals surface area contributed by atoms with Gasteiger partial charge in [0.1, 0.15) is 5.69 Å². The summed E-state index contributed by atoms with van der Waals surface area (Å²) in [6, 6.07) is 3.07. The largest absolute Gasteiger partial charge is 0.383 e. The van der Waals surface area contributed by atoms with Crippen LogP contribution >= 0.6 is 0 Å². The quantitative estimate of drug-likeness (QED) is 0.791. The van der Waals surface area contributed by atoms with E-state index in [1.54, 1.807) is 7.11 Å². The van der Waals surface area contributed by atoms with Gasteiger partial charge in [0.25, 0.3) is 11.5 Å². The Kier molecular flexibility index (Phi) is 6.73. The molecule has 2 rings (SSSR count). The number of aryl methyl sites for hydroxylation is 1. The maximum atomic E-state index is 12.3. The van der Waals surface area contributed by atoms with E-state index in [9.17, 15) is 9.59 Å². The third-order valence-corrected chi connectivity index (χ3v) is 4.07. The monoisotopic (exact) mass is 322 g/mol. The highest BCUT2D eigenvalue weighted by Crippen LogP contribution is 2.10. The molecule has 0 bridgehead atoms. The lowest BCUT2D eigenvalue weighted by atomic mass is 10.0. The summed E-state index contributed by atoms with van der Waals surface area (Å²) < 4.78 is 6.44. The third-order valence-electron chi connectivity index (χ3n) is 4.07. The highest BCUT2D eigenvalue weighted by Gasteiger charge is 2.21. The summed E-state index contributed by atoms with van der Waals surface area (Å²) in [4.78, 5) is 26.3. The summed E-state index contributed by atoms with van der Waals surface area (Å²) in [5.41, 5.74) is 0.134. The highest BCUT2D eigenvalue weighted by atomic mass is 16.5. The van der Waals surface area contributed by atoms with Crippen LogP contribution in [0.15, 0.2) is 16.9 Å². The molecule has 0 aromatic carbocycles. The summed E-state index contributed by atoms with van der Waals surface area (Å²) in [6.45, 7) is 6.07. The zero-order valence-corrected chi connectivity index (χ0v) is 14.0. The van der Waals surface area contributed by atoms with Crippen LogP contribution in [0.3, 0.4) is 0 Å². The number of hydrogen-bond donors (Lipinski definition) is 1. The summed E-state index contributed by atoms with van der Waals surface area (Å²) in [6.07, 6.45) is 2.64. The molecule has 1 fully saturated rings. The van der Waals surface area contributed by atoms with E-state index < -0.39 is 0 Å². The number of hydrogen-bond acceptors (Lipinski definition) is 5. The second kappa shape index (κ2) is 8.79. The Morgan fingerprint density at radius 1 is 1.35 bits per heavy atom. The molecular weight excluding hydrogens is 296 g/mol. The van der Waals surface area contributed by atoms with Crippen molar-refractivity contribution >= 4 is 5.91 Å². The molecule has 7 heteroatoms. The van der Waals surface area contributed by atoms with Gasteiger partial charge in [-0.25, -0.2) is 4.68 Å². The van der Waals surface area contributed by atoms with Gasteiger partial charge in [0.15, 0.2) is 0 Å². The molecule has 23 heavy (non-hydrogen) atoms. The van der Waals surface area contributed by atoms with Gasteiger partial charge in [0.2, 0.25) is 0 Å². The predicted octanol–water partition coefficient (Wildman–Crippen LogP) is 0.494. The van der Waals surface area contributed by atoms with Crippen LogP contribution in [-0.2, 0) is 11.3 Å². The molecule has 1 aromatic rings. The molecule has 1 N–H and O–H groups in total. The van der Waals surface area contributed by atoms with Gasteiger partial charge in [-0.2, -0.15) is 5.10 Å². The van der Waals surface area contributed by atoms with E-state index in [4.69, 9.17) is 4.74 Å². The molecular formula is C16H26N4O3. The number of carbonyl (C=O) groups is 1. The molecule has 0 spiro atoms. The van der Waals surface area contributed by atoms with Gasteiger partial charge in [-0.1, -0.05) is 6.92 Å². The Hall–Kier alpha value is -1.73. The number of ether oxygens (including phenoxy) is 1. The van der Waals surface area contributed by atoms with Crippen LogP contribution in [0, 0.1) is 0 Å². The zero-order chi connectivity index (χ0) is 16.7.